The van der Waals surface area contributed by atoms with E-state index in [1.807, 2.05) is 25.2 Å². The molecule has 1 aromatic carbocycles. The van der Waals surface area contributed by atoms with Crippen LogP contribution in [0.3, 0.4) is 0 Å². The maximum absolute atomic E-state index is 11.6. The number of methoxy groups -OCH3 is 2. The highest BCUT2D eigenvalue weighted by Gasteiger charge is 2.16. The van der Waals surface area contributed by atoms with Crippen LogP contribution in [0.4, 0.5) is 4.79 Å². The van der Waals surface area contributed by atoms with Gasteiger partial charge in [-0.3, -0.25) is 10.1 Å². The normalized spacial score (nSPS) is 11.4. The predicted molar refractivity (Wildman–Crippen MR) is 77.6 cm³/mol. The summed E-state index contributed by atoms with van der Waals surface area (Å²) in [6.07, 6.45) is 0. The molecule has 0 saturated carbocycles. The van der Waals surface area contributed by atoms with Gasteiger partial charge >= 0.3 is 6.03 Å². The SMILES string of the molecule is CNC(=O)NC(=O)C[NH+](C)Cc1cccc(OC)c1OC. The zero-order valence-electron chi connectivity index (χ0n) is 12.8. The van der Waals surface area contributed by atoms with Crippen molar-refractivity contribution in [1.82, 2.24) is 10.6 Å². The van der Waals surface area contributed by atoms with Gasteiger partial charge in [-0.15, -0.1) is 0 Å². The Morgan fingerprint density at radius 3 is 2.52 bits per heavy atom. The Balaban J connectivity index is 2.68. The molecule has 1 aromatic rings. The summed E-state index contributed by atoms with van der Waals surface area (Å²) in [6, 6.07) is 5.10. The van der Waals surface area contributed by atoms with Crippen LogP contribution in [0.25, 0.3) is 0 Å². The van der Waals surface area contributed by atoms with Crippen molar-refractivity contribution in [3.8, 4) is 11.5 Å². The van der Waals surface area contributed by atoms with Gasteiger partial charge in [0, 0.05) is 7.05 Å². The molecule has 0 aliphatic heterocycles. The number of nitrogens with one attached hydrogen (secondary N) is 3. The second-order valence-electron chi connectivity index (χ2n) is 4.59. The van der Waals surface area contributed by atoms with Crippen LogP contribution in [0.15, 0.2) is 18.2 Å². The van der Waals surface area contributed by atoms with E-state index in [1.165, 1.54) is 7.05 Å². The van der Waals surface area contributed by atoms with Gasteiger partial charge in [0.1, 0.15) is 6.54 Å². The predicted octanol–water partition coefficient (Wildman–Crippen LogP) is -0.826. The summed E-state index contributed by atoms with van der Waals surface area (Å²) >= 11 is 0. The summed E-state index contributed by atoms with van der Waals surface area (Å²) in [5.74, 6) is 0.970. The summed E-state index contributed by atoms with van der Waals surface area (Å²) in [4.78, 5) is 23.6. The fourth-order valence-corrected chi connectivity index (χ4v) is 1.99. The number of hydrogen-bond acceptors (Lipinski definition) is 4. The number of carbonyl (C=O) groups excluding carboxylic acids is 2. The van der Waals surface area contributed by atoms with Gasteiger partial charge in [0.2, 0.25) is 0 Å². The third-order valence-corrected chi connectivity index (χ3v) is 2.92. The maximum Gasteiger partial charge on any atom is 0.321 e. The number of ether oxygens (including phenoxy) is 2. The van der Waals surface area contributed by atoms with Crippen molar-refractivity contribution in [1.29, 1.82) is 0 Å². The molecule has 0 saturated heterocycles. The standard InChI is InChI=1S/C14H21N3O4/c1-15-14(19)16-12(18)9-17(2)8-10-6-5-7-11(20-3)13(10)21-4/h5-7H,8-9H2,1-4H3,(H2,15,16,18,19)/p+1. The molecular formula is C14H22N3O4+. The van der Waals surface area contributed by atoms with Gasteiger partial charge in [-0.05, 0) is 12.1 Å². The number of hydrogen-bond donors (Lipinski definition) is 3. The maximum atomic E-state index is 11.6. The Labute approximate surface area is 124 Å². The van der Waals surface area contributed by atoms with E-state index in [0.29, 0.717) is 18.0 Å². The molecule has 3 amide bonds. The highest BCUT2D eigenvalue weighted by atomic mass is 16.5. The van der Waals surface area contributed by atoms with E-state index < -0.39 is 6.03 Å². The average molecular weight is 296 g/mol. The second-order valence-corrected chi connectivity index (χ2v) is 4.59. The molecule has 0 aliphatic rings. The van der Waals surface area contributed by atoms with Gasteiger partial charge < -0.3 is 19.7 Å². The largest absolute Gasteiger partial charge is 0.493 e. The summed E-state index contributed by atoms with van der Waals surface area (Å²) in [5, 5.41) is 4.57. The summed E-state index contributed by atoms with van der Waals surface area (Å²) in [6.45, 7) is 0.745. The minimum atomic E-state index is -0.508. The first-order valence-corrected chi connectivity index (χ1v) is 6.54. The van der Waals surface area contributed by atoms with Crippen molar-refractivity contribution < 1.29 is 24.0 Å². The smallest absolute Gasteiger partial charge is 0.321 e. The average Bonchev–Trinajstić information content (AvgIpc) is 2.46. The molecule has 1 atom stereocenters. The number of benzene rings is 1. The second kappa shape index (κ2) is 8.11. The number of para-hydroxylation sites is 1. The fourth-order valence-electron chi connectivity index (χ4n) is 1.99. The van der Waals surface area contributed by atoms with Crippen LogP contribution in [0, 0.1) is 0 Å². The van der Waals surface area contributed by atoms with E-state index in [0.717, 1.165) is 10.5 Å². The van der Waals surface area contributed by atoms with Crippen LogP contribution in [-0.4, -0.2) is 46.8 Å². The van der Waals surface area contributed by atoms with Crippen molar-refractivity contribution in [2.75, 3.05) is 34.9 Å². The Bertz CT molecular complexity index is 505. The van der Waals surface area contributed by atoms with Gasteiger partial charge in [-0.2, -0.15) is 0 Å². The molecule has 0 radical (unpaired) electrons. The van der Waals surface area contributed by atoms with Crippen LogP contribution in [-0.2, 0) is 11.3 Å². The Kier molecular flexibility index (Phi) is 6.48. The number of likely N-dealkylation sites (N-methyl/N-ethyl adjacent to an activating group) is 1. The molecule has 1 unspecified atom stereocenters. The lowest BCUT2D eigenvalue weighted by molar-refractivity contribution is -0.885. The minimum Gasteiger partial charge on any atom is -0.493 e. The molecule has 116 valence electrons. The minimum absolute atomic E-state index is 0.174. The van der Waals surface area contributed by atoms with Crippen LogP contribution in [0.5, 0.6) is 11.5 Å². The number of rotatable bonds is 6. The molecular weight excluding hydrogens is 274 g/mol. The summed E-state index contributed by atoms with van der Waals surface area (Å²) < 4.78 is 10.6. The number of quaternary nitrogens is 1. The topological polar surface area (TPSA) is 81.1 Å². The molecule has 0 spiro atoms. The Morgan fingerprint density at radius 1 is 1.24 bits per heavy atom. The van der Waals surface area contributed by atoms with E-state index in [1.54, 1.807) is 14.2 Å². The van der Waals surface area contributed by atoms with Crippen molar-refractivity contribution in [2.45, 2.75) is 6.54 Å². The first-order chi connectivity index (χ1) is 10.0. The van der Waals surface area contributed by atoms with E-state index in [9.17, 15) is 9.59 Å². The van der Waals surface area contributed by atoms with Gasteiger partial charge in [0.15, 0.2) is 18.0 Å². The summed E-state index contributed by atoms with van der Waals surface area (Å²) in [7, 11) is 6.48. The van der Waals surface area contributed by atoms with E-state index in [-0.39, 0.29) is 12.5 Å². The quantitative estimate of drug-likeness (QED) is 0.640. The Morgan fingerprint density at radius 2 is 1.95 bits per heavy atom. The van der Waals surface area contributed by atoms with Gasteiger partial charge in [0.05, 0.1) is 26.8 Å². The van der Waals surface area contributed by atoms with Crippen molar-refractivity contribution in [2.24, 2.45) is 0 Å². The molecule has 0 aromatic heterocycles. The van der Waals surface area contributed by atoms with Crippen molar-refractivity contribution >= 4 is 11.9 Å². The molecule has 7 nitrogen and oxygen atoms in total. The lowest BCUT2D eigenvalue weighted by Gasteiger charge is -2.16. The van der Waals surface area contributed by atoms with Crippen LogP contribution >= 0.6 is 0 Å². The number of imide groups is 1. The van der Waals surface area contributed by atoms with E-state index in [2.05, 4.69) is 10.6 Å². The fraction of sp³-hybridized carbons (Fsp3) is 0.429. The van der Waals surface area contributed by atoms with Crippen LogP contribution < -0.4 is 25.0 Å². The number of carbonyl (C=O) groups is 2. The third-order valence-electron chi connectivity index (χ3n) is 2.92. The van der Waals surface area contributed by atoms with Crippen LogP contribution in [0.2, 0.25) is 0 Å². The first kappa shape index (κ1) is 16.8. The Hall–Kier alpha value is -2.28. The molecule has 0 heterocycles. The first-order valence-electron chi connectivity index (χ1n) is 6.54. The number of amides is 3. The lowest BCUT2D eigenvalue weighted by Crippen LogP contribution is -3.09. The monoisotopic (exact) mass is 296 g/mol. The van der Waals surface area contributed by atoms with E-state index in [4.69, 9.17) is 9.47 Å². The summed E-state index contributed by atoms with van der Waals surface area (Å²) in [5.41, 5.74) is 0.932. The van der Waals surface area contributed by atoms with Crippen molar-refractivity contribution in [3.63, 3.8) is 0 Å². The van der Waals surface area contributed by atoms with Gasteiger partial charge in [-0.25, -0.2) is 4.79 Å². The number of urea groups is 1. The highest BCUT2D eigenvalue weighted by molar-refractivity contribution is 5.94. The molecule has 3 N–H and O–H groups in total. The van der Waals surface area contributed by atoms with Gasteiger partial charge in [0.25, 0.3) is 5.91 Å². The molecule has 1 rings (SSSR count). The molecule has 0 aliphatic carbocycles. The zero-order chi connectivity index (χ0) is 15.8. The highest BCUT2D eigenvalue weighted by Crippen LogP contribution is 2.29. The molecule has 21 heavy (non-hydrogen) atoms. The third kappa shape index (κ3) is 4.96. The zero-order valence-corrected chi connectivity index (χ0v) is 12.8. The molecule has 7 heteroatoms. The van der Waals surface area contributed by atoms with Gasteiger partial charge in [-0.1, -0.05) is 6.07 Å². The van der Waals surface area contributed by atoms with Crippen molar-refractivity contribution in [3.05, 3.63) is 23.8 Å². The molecule has 0 bridgehead atoms. The van der Waals surface area contributed by atoms with E-state index >= 15 is 0 Å². The lowest BCUT2D eigenvalue weighted by atomic mass is 10.1. The molecule has 0 fully saturated rings. The van der Waals surface area contributed by atoms with Crippen LogP contribution in [0.1, 0.15) is 5.56 Å².